The monoisotopic (exact) mass is 410 g/mol. The van der Waals surface area contributed by atoms with Gasteiger partial charge in [-0.1, -0.05) is 56.2 Å². The van der Waals surface area contributed by atoms with Crippen molar-refractivity contribution in [3.63, 3.8) is 0 Å². The molecule has 0 aliphatic heterocycles. The van der Waals surface area contributed by atoms with E-state index in [1.165, 1.54) is 11.1 Å². The number of rotatable bonds is 4. The van der Waals surface area contributed by atoms with Gasteiger partial charge in [0.25, 0.3) is 0 Å². The standard InChI is InChI=1S/C26H34O4/c1-25(17-28)12-6-13-26(2)21-10-9-18(11-14-27)15-20(21)16-22(23(25)26)30-24(29)19-7-4-3-5-8-19/h3-5,7-8,11,15,21-23,27-28H,6,9-10,12-14,16-17H2,1-2H3/b18-11-/t21-,22-,23?,25+,26-/m1/s1. The Morgan fingerprint density at radius 3 is 2.67 bits per heavy atom. The van der Waals surface area contributed by atoms with Crippen molar-refractivity contribution in [3.8, 4) is 0 Å². The Bertz CT molecular complexity index is 842. The molecule has 0 bridgehead atoms. The number of ether oxygens (including phenoxy) is 1. The molecule has 1 aromatic carbocycles. The number of carbonyl (C=O) groups excluding carboxylic acids is 1. The van der Waals surface area contributed by atoms with Gasteiger partial charge < -0.3 is 14.9 Å². The fourth-order valence-corrected chi connectivity index (χ4v) is 6.80. The first kappa shape index (κ1) is 21.3. The zero-order valence-corrected chi connectivity index (χ0v) is 18.1. The van der Waals surface area contributed by atoms with Gasteiger partial charge in [-0.15, -0.1) is 0 Å². The molecule has 162 valence electrons. The fourth-order valence-electron chi connectivity index (χ4n) is 6.80. The molecule has 2 N–H and O–H groups in total. The molecule has 0 radical (unpaired) electrons. The molecule has 30 heavy (non-hydrogen) atoms. The van der Waals surface area contributed by atoms with E-state index >= 15 is 0 Å². The molecule has 3 aliphatic rings. The molecule has 0 spiro atoms. The third-order valence-electron chi connectivity index (χ3n) is 8.05. The number of hydrogen-bond donors (Lipinski definition) is 2. The van der Waals surface area contributed by atoms with Gasteiger partial charge in [-0.05, 0) is 60.1 Å². The lowest BCUT2D eigenvalue weighted by Crippen LogP contribution is -2.58. The predicted octanol–water partition coefficient (Wildman–Crippen LogP) is 4.68. The highest BCUT2D eigenvalue weighted by Crippen LogP contribution is 2.63. The minimum absolute atomic E-state index is 0.00775. The Balaban J connectivity index is 1.72. The van der Waals surface area contributed by atoms with Gasteiger partial charge in [0.2, 0.25) is 0 Å². The second-order valence-electron chi connectivity index (χ2n) is 9.94. The highest BCUT2D eigenvalue weighted by atomic mass is 16.5. The van der Waals surface area contributed by atoms with E-state index in [1.54, 1.807) is 12.1 Å². The maximum Gasteiger partial charge on any atom is 0.338 e. The van der Waals surface area contributed by atoms with Crippen LogP contribution in [-0.2, 0) is 4.74 Å². The van der Waals surface area contributed by atoms with E-state index in [4.69, 9.17) is 4.74 Å². The molecule has 1 unspecified atom stereocenters. The van der Waals surface area contributed by atoms with Crippen molar-refractivity contribution < 1.29 is 19.7 Å². The summed E-state index contributed by atoms with van der Waals surface area (Å²) in [6, 6.07) is 9.19. The van der Waals surface area contributed by atoms with Gasteiger partial charge >= 0.3 is 5.97 Å². The molecule has 1 aromatic rings. The number of aliphatic hydroxyl groups excluding tert-OH is 2. The number of carbonyl (C=O) groups is 1. The molecule has 2 fully saturated rings. The van der Waals surface area contributed by atoms with Gasteiger partial charge in [-0.25, -0.2) is 4.79 Å². The maximum atomic E-state index is 13.0. The van der Waals surface area contributed by atoms with Gasteiger partial charge in [-0.3, -0.25) is 0 Å². The lowest BCUT2D eigenvalue weighted by atomic mass is 9.45. The third-order valence-corrected chi connectivity index (χ3v) is 8.05. The maximum absolute atomic E-state index is 13.0. The molecule has 5 atom stereocenters. The molecule has 4 heteroatoms. The zero-order chi connectivity index (χ0) is 21.4. The van der Waals surface area contributed by atoms with Crippen molar-refractivity contribution >= 4 is 5.97 Å². The van der Waals surface area contributed by atoms with Crippen molar-refractivity contribution in [1.82, 2.24) is 0 Å². The van der Waals surface area contributed by atoms with E-state index in [9.17, 15) is 15.0 Å². The van der Waals surface area contributed by atoms with Crippen LogP contribution in [0.5, 0.6) is 0 Å². The summed E-state index contributed by atoms with van der Waals surface area (Å²) >= 11 is 0. The Morgan fingerprint density at radius 2 is 1.97 bits per heavy atom. The summed E-state index contributed by atoms with van der Waals surface area (Å²) in [5.41, 5.74) is 2.84. The van der Waals surface area contributed by atoms with Crippen molar-refractivity contribution in [3.05, 3.63) is 59.2 Å². The molecule has 0 heterocycles. The molecule has 0 aromatic heterocycles. The Labute approximate surface area is 179 Å². The van der Waals surface area contributed by atoms with Crippen LogP contribution < -0.4 is 0 Å². The topological polar surface area (TPSA) is 66.8 Å². The summed E-state index contributed by atoms with van der Waals surface area (Å²) < 4.78 is 6.19. The minimum atomic E-state index is -0.283. The summed E-state index contributed by atoms with van der Waals surface area (Å²) in [4.78, 5) is 13.0. The molecule has 4 rings (SSSR count). The number of aliphatic hydroxyl groups is 2. The summed E-state index contributed by atoms with van der Waals surface area (Å²) in [7, 11) is 0. The SMILES string of the molecule is C[C@@]1(CO)CCC[C@@]2(C)C1[C@H](OC(=O)c1ccccc1)CC1=C/C(=C\CO)CC[C@H]12. The van der Waals surface area contributed by atoms with E-state index < -0.39 is 0 Å². The van der Waals surface area contributed by atoms with Gasteiger partial charge in [0, 0.05) is 18.9 Å². The lowest BCUT2D eigenvalue weighted by molar-refractivity contribution is -0.145. The van der Waals surface area contributed by atoms with Crippen LogP contribution in [0, 0.1) is 22.7 Å². The minimum Gasteiger partial charge on any atom is -0.458 e. The van der Waals surface area contributed by atoms with Crippen molar-refractivity contribution in [2.24, 2.45) is 22.7 Å². The molecule has 0 saturated heterocycles. The van der Waals surface area contributed by atoms with Crippen LogP contribution in [0.15, 0.2) is 53.6 Å². The number of benzene rings is 1. The van der Waals surface area contributed by atoms with Crippen molar-refractivity contribution in [2.45, 2.75) is 58.5 Å². The van der Waals surface area contributed by atoms with Crippen molar-refractivity contribution in [1.29, 1.82) is 0 Å². The van der Waals surface area contributed by atoms with Gasteiger partial charge in [-0.2, -0.15) is 0 Å². The smallest absolute Gasteiger partial charge is 0.338 e. The summed E-state index contributed by atoms with van der Waals surface area (Å²) in [6.45, 7) is 4.70. The van der Waals surface area contributed by atoms with Crippen LogP contribution in [0.1, 0.15) is 62.7 Å². The largest absolute Gasteiger partial charge is 0.458 e. The van der Waals surface area contributed by atoms with Gasteiger partial charge in [0.1, 0.15) is 6.10 Å². The Hall–Kier alpha value is -1.91. The normalized spacial score (nSPS) is 37.1. The zero-order valence-electron chi connectivity index (χ0n) is 18.1. The van der Waals surface area contributed by atoms with Gasteiger partial charge in [0.05, 0.1) is 12.2 Å². The third kappa shape index (κ3) is 3.65. The second kappa shape index (κ2) is 8.32. The summed E-state index contributed by atoms with van der Waals surface area (Å²) in [5, 5.41) is 19.7. The van der Waals surface area contributed by atoms with Gasteiger partial charge in [0.15, 0.2) is 0 Å². The average molecular weight is 411 g/mol. The summed E-state index contributed by atoms with van der Waals surface area (Å²) in [6.07, 6.45) is 9.76. The molecule has 3 aliphatic carbocycles. The van der Waals surface area contributed by atoms with E-state index in [1.807, 2.05) is 24.3 Å². The first-order valence-corrected chi connectivity index (χ1v) is 11.3. The molecule has 2 saturated carbocycles. The molecular formula is C26H34O4. The van der Waals surface area contributed by atoms with Crippen LogP contribution in [0.25, 0.3) is 0 Å². The highest BCUT2D eigenvalue weighted by Gasteiger charge is 2.59. The second-order valence-corrected chi connectivity index (χ2v) is 9.94. The van der Waals surface area contributed by atoms with Crippen LogP contribution in [-0.4, -0.2) is 35.5 Å². The number of hydrogen-bond acceptors (Lipinski definition) is 4. The summed E-state index contributed by atoms with van der Waals surface area (Å²) in [5.74, 6) is 0.285. The van der Waals surface area contributed by atoms with E-state index in [0.717, 1.165) is 32.1 Å². The van der Waals surface area contributed by atoms with E-state index in [0.29, 0.717) is 17.9 Å². The number of fused-ring (bicyclic) bond motifs is 3. The Kier molecular flexibility index (Phi) is 5.91. The fraction of sp³-hybridized carbons (Fsp3) is 0.577. The first-order valence-electron chi connectivity index (χ1n) is 11.3. The van der Waals surface area contributed by atoms with Crippen LogP contribution in [0.3, 0.4) is 0 Å². The van der Waals surface area contributed by atoms with Crippen molar-refractivity contribution in [2.75, 3.05) is 13.2 Å². The number of allylic oxidation sites excluding steroid dienone is 2. The molecular weight excluding hydrogens is 376 g/mol. The molecule has 0 amide bonds. The van der Waals surface area contributed by atoms with Crippen LogP contribution >= 0.6 is 0 Å². The first-order chi connectivity index (χ1) is 14.4. The number of esters is 1. The van der Waals surface area contributed by atoms with E-state index in [-0.39, 0.29) is 42.0 Å². The van der Waals surface area contributed by atoms with Crippen LogP contribution in [0.4, 0.5) is 0 Å². The average Bonchev–Trinajstić information content (AvgIpc) is 2.74. The van der Waals surface area contributed by atoms with E-state index in [2.05, 4.69) is 19.9 Å². The van der Waals surface area contributed by atoms with Crippen LogP contribution in [0.2, 0.25) is 0 Å². The molecule has 4 nitrogen and oxygen atoms in total. The Morgan fingerprint density at radius 1 is 1.20 bits per heavy atom. The predicted molar refractivity (Wildman–Crippen MR) is 117 cm³/mol. The quantitative estimate of drug-likeness (QED) is 0.708. The highest BCUT2D eigenvalue weighted by molar-refractivity contribution is 5.89. The lowest BCUT2D eigenvalue weighted by Gasteiger charge is -2.61.